The van der Waals surface area contributed by atoms with E-state index >= 15 is 0 Å². The Balaban J connectivity index is 4.46. The molecule has 9 nitrogen and oxygen atoms in total. The van der Waals surface area contributed by atoms with Gasteiger partial charge in [-0.2, -0.15) is 0 Å². The van der Waals surface area contributed by atoms with E-state index in [-0.39, 0.29) is 26.1 Å². The summed E-state index contributed by atoms with van der Waals surface area (Å²) < 4.78 is 34.2. The lowest BCUT2D eigenvalue weighted by atomic mass is 10.1. The molecule has 0 aromatic heterocycles. The normalized spacial score (nSPS) is 14.4. The molecule has 0 heterocycles. The van der Waals surface area contributed by atoms with Gasteiger partial charge >= 0.3 is 19.8 Å². The number of quaternary nitrogens is 1. The van der Waals surface area contributed by atoms with Crippen molar-refractivity contribution in [3.8, 4) is 0 Å². The van der Waals surface area contributed by atoms with Crippen molar-refractivity contribution in [2.45, 2.75) is 155 Å². The van der Waals surface area contributed by atoms with Crippen LogP contribution in [0.25, 0.3) is 0 Å². The first-order chi connectivity index (χ1) is 26.5. The first kappa shape index (κ1) is 52.5. The maximum absolute atomic E-state index is 12.6. The Kier molecular flexibility index (Phi) is 35.3. The van der Waals surface area contributed by atoms with Crippen LogP contribution in [-0.2, 0) is 32.7 Å². The predicted octanol–water partition coefficient (Wildman–Crippen LogP) is 11.9. The summed E-state index contributed by atoms with van der Waals surface area (Å²) in [6, 6.07) is 0. The average molecular weight is 793 g/mol. The second kappa shape index (κ2) is 37.1. The van der Waals surface area contributed by atoms with Crippen molar-refractivity contribution in [2.24, 2.45) is 0 Å². The van der Waals surface area contributed by atoms with Gasteiger partial charge in [0.15, 0.2) is 6.10 Å². The van der Waals surface area contributed by atoms with Crippen molar-refractivity contribution in [1.82, 2.24) is 0 Å². The highest BCUT2D eigenvalue weighted by Crippen LogP contribution is 2.43. The lowest BCUT2D eigenvalue weighted by Gasteiger charge is -2.24. The van der Waals surface area contributed by atoms with Gasteiger partial charge in [0.25, 0.3) is 0 Å². The Morgan fingerprint density at radius 1 is 0.582 bits per heavy atom. The smallest absolute Gasteiger partial charge is 0.462 e. The van der Waals surface area contributed by atoms with E-state index in [4.69, 9.17) is 18.5 Å². The quantitative estimate of drug-likeness (QED) is 0.0218. The number of rotatable bonds is 37. The Morgan fingerprint density at radius 2 is 1.04 bits per heavy atom. The molecule has 0 saturated heterocycles. The Labute approximate surface area is 336 Å². The minimum Gasteiger partial charge on any atom is -0.462 e. The summed E-state index contributed by atoms with van der Waals surface area (Å²) >= 11 is 0. The predicted molar refractivity (Wildman–Crippen MR) is 229 cm³/mol. The second-order valence-corrected chi connectivity index (χ2v) is 16.6. The molecule has 0 aliphatic rings. The lowest BCUT2D eigenvalue weighted by Crippen LogP contribution is -2.37. The average Bonchev–Trinajstić information content (AvgIpc) is 3.13. The molecule has 2 unspecified atom stereocenters. The zero-order valence-corrected chi connectivity index (χ0v) is 36.3. The van der Waals surface area contributed by atoms with Gasteiger partial charge in [-0.05, 0) is 57.8 Å². The standard InChI is InChI=1S/C45H78NO8P/c1-6-8-10-12-14-16-18-20-21-22-23-24-26-27-29-31-33-35-37-44(47)51-41-43(42-53-55(49,50)52-40-39-46(3,4)5)54-45(48)38-36-34-32-30-28-25-19-17-15-13-11-9-7-2/h9,11,13,15,17,19,21-25,28,43H,6-8,10,12,14,16,18,20,26-27,29-42H2,1-5H3/p+1/b11-9+,15-13+,19-17+,22-21+,24-23+,28-25+. The molecule has 1 N–H and O–H groups in total. The highest BCUT2D eigenvalue weighted by Gasteiger charge is 2.27. The van der Waals surface area contributed by atoms with Gasteiger partial charge in [-0.15, -0.1) is 0 Å². The van der Waals surface area contributed by atoms with Gasteiger partial charge in [-0.3, -0.25) is 18.6 Å². The number of hydrogen-bond acceptors (Lipinski definition) is 7. The first-order valence-corrected chi connectivity index (χ1v) is 22.7. The number of esters is 2. The molecule has 0 radical (unpaired) electrons. The first-order valence-electron chi connectivity index (χ1n) is 21.2. The number of nitrogens with zero attached hydrogens (tertiary/aromatic N) is 1. The molecule has 0 aromatic carbocycles. The Morgan fingerprint density at radius 3 is 1.58 bits per heavy atom. The number of unbranched alkanes of at least 4 members (excludes halogenated alkanes) is 15. The van der Waals surface area contributed by atoms with Gasteiger partial charge < -0.3 is 18.9 Å². The van der Waals surface area contributed by atoms with Crippen LogP contribution < -0.4 is 0 Å². The molecule has 0 saturated carbocycles. The summed E-state index contributed by atoms with van der Waals surface area (Å²) in [5.74, 6) is -0.869. The summed E-state index contributed by atoms with van der Waals surface area (Å²) in [6.07, 6.45) is 45.3. The molecule has 0 fully saturated rings. The minimum atomic E-state index is -4.39. The van der Waals surface area contributed by atoms with Gasteiger partial charge in [0.05, 0.1) is 27.7 Å². The number of ether oxygens (including phenoxy) is 2. The molecule has 0 bridgehead atoms. The van der Waals surface area contributed by atoms with E-state index in [0.717, 1.165) is 64.2 Å². The third kappa shape index (κ3) is 40.9. The third-order valence-electron chi connectivity index (χ3n) is 8.59. The molecule has 0 rings (SSSR count). The van der Waals surface area contributed by atoms with Gasteiger partial charge in [-0.1, -0.05) is 151 Å². The van der Waals surface area contributed by atoms with Crippen LogP contribution in [-0.4, -0.2) is 74.9 Å². The summed E-state index contributed by atoms with van der Waals surface area (Å²) in [4.78, 5) is 35.3. The minimum absolute atomic E-state index is 0.0172. The van der Waals surface area contributed by atoms with Crippen LogP contribution in [0, 0.1) is 0 Å². The van der Waals surface area contributed by atoms with E-state index in [9.17, 15) is 19.0 Å². The number of allylic oxidation sites excluding steroid dienone is 12. The van der Waals surface area contributed by atoms with Crippen LogP contribution in [0.3, 0.4) is 0 Å². The Hall–Kier alpha value is -2.55. The van der Waals surface area contributed by atoms with Crippen molar-refractivity contribution < 1.29 is 42.1 Å². The number of phosphoric acid groups is 1. The molecule has 0 aliphatic carbocycles. The molecule has 55 heavy (non-hydrogen) atoms. The maximum atomic E-state index is 12.6. The summed E-state index contributed by atoms with van der Waals surface area (Å²) in [7, 11) is 1.43. The maximum Gasteiger partial charge on any atom is 0.472 e. The lowest BCUT2D eigenvalue weighted by molar-refractivity contribution is -0.870. The summed E-state index contributed by atoms with van der Waals surface area (Å²) in [5, 5.41) is 0. The van der Waals surface area contributed by atoms with E-state index in [1.165, 1.54) is 44.9 Å². The van der Waals surface area contributed by atoms with Crippen LogP contribution in [0.1, 0.15) is 149 Å². The van der Waals surface area contributed by atoms with E-state index < -0.39 is 32.5 Å². The van der Waals surface area contributed by atoms with Crippen molar-refractivity contribution in [1.29, 1.82) is 0 Å². The molecule has 10 heteroatoms. The molecular weight excluding hydrogens is 713 g/mol. The Bertz CT molecular complexity index is 1170. The molecule has 0 aromatic rings. The number of carbonyl (C=O) groups is 2. The SMILES string of the molecule is CC/C=C/C=C/C=C/C=C/CCCCCC(=O)OC(COC(=O)CCCCCCC/C=C/C=C/CCCCCCCCC)COP(=O)(O)OCC[N+](C)(C)C. The monoisotopic (exact) mass is 793 g/mol. The molecule has 0 spiro atoms. The van der Waals surface area contributed by atoms with Crippen LogP contribution in [0.15, 0.2) is 72.9 Å². The van der Waals surface area contributed by atoms with Crippen LogP contribution >= 0.6 is 7.82 Å². The number of phosphoric ester groups is 1. The van der Waals surface area contributed by atoms with Crippen molar-refractivity contribution in [3.05, 3.63) is 72.9 Å². The molecule has 316 valence electrons. The molecular formula is C45H79NO8P+. The number of likely N-dealkylation sites (N-methyl/N-ethyl adjacent to an activating group) is 1. The van der Waals surface area contributed by atoms with Crippen molar-refractivity contribution in [2.75, 3.05) is 47.5 Å². The highest BCUT2D eigenvalue weighted by atomic mass is 31.2. The number of hydrogen-bond donors (Lipinski definition) is 1. The van der Waals surface area contributed by atoms with Crippen molar-refractivity contribution in [3.63, 3.8) is 0 Å². The van der Waals surface area contributed by atoms with Gasteiger partial charge in [0.1, 0.15) is 19.8 Å². The van der Waals surface area contributed by atoms with Crippen LogP contribution in [0.2, 0.25) is 0 Å². The van der Waals surface area contributed by atoms with Crippen LogP contribution in [0.4, 0.5) is 0 Å². The fraction of sp³-hybridized carbons (Fsp3) is 0.689. The zero-order chi connectivity index (χ0) is 40.7. The molecule has 0 aliphatic heterocycles. The third-order valence-corrected chi connectivity index (χ3v) is 9.58. The largest absolute Gasteiger partial charge is 0.472 e. The van der Waals surface area contributed by atoms with E-state index in [0.29, 0.717) is 23.9 Å². The topological polar surface area (TPSA) is 108 Å². The van der Waals surface area contributed by atoms with E-state index in [2.05, 4.69) is 50.3 Å². The van der Waals surface area contributed by atoms with Gasteiger partial charge in [0.2, 0.25) is 0 Å². The highest BCUT2D eigenvalue weighted by molar-refractivity contribution is 7.47. The summed E-state index contributed by atoms with van der Waals surface area (Å²) in [6.45, 7) is 4.18. The van der Waals surface area contributed by atoms with Crippen molar-refractivity contribution >= 4 is 19.8 Å². The number of carbonyl (C=O) groups excluding carboxylic acids is 2. The molecule has 0 amide bonds. The van der Waals surface area contributed by atoms with Crippen LogP contribution in [0.5, 0.6) is 0 Å². The van der Waals surface area contributed by atoms with Gasteiger partial charge in [-0.25, -0.2) is 4.57 Å². The molecule has 2 atom stereocenters. The van der Waals surface area contributed by atoms with Gasteiger partial charge in [0, 0.05) is 12.8 Å². The summed E-state index contributed by atoms with van der Waals surface area (Å²) in [5.41, 5.74) is 0. The van der Waals surface area contributed by atoms with E-state index in [1.807, 2.05) is 57.6 Å². The second-order valence-electron chi connectivity index (χ2n) is 15.1. The zero-order valence-electron chi connectivity index (χ0n) is 35.4. The van der Waals surface area contributed by atoms with E-state index in [1.54, 1.807) is 0 Å². The fourth-order valence-corrected chi connectivity index (χ4v) is 5.99. The fourth-order valence-electron chi connectivity index (χ4n) is 5.25.